The number of aromatic nitrogens is 1. The van der Waals surface area contributed by atoms with Crippen molar-refractivity contribution in [2.24, 2.45) is 0 Å². The van der Waals surface area contributed by atoms with Gasteiger partial charge in [-0.05, 0) is 61.1 Å². The van der Waals surface area contributed by atoms with E-state index in [9.17, 15) is 0 Å². The van der Waals surface area contributed by atoms with Crippen LogP contribution in [0.15, 0.2) is 48.8 Å². The summed E-state index contributed by atoms with van der Waals surface area (Å²) in [6.45, 7) is 2.21. The Labute approximate surface area is 125 Å². The van der Waals surface area contributed by atoms with E-state index in [2.05, 4.69) is 41.5 Å². The summed E-state index contributed by atoms with van der Waals surface area (Å²) >= 11 is 5.93. The lowest BCUT2D eigenvalue weighted by atomic mass is 9.75. The Morgan fingerprint density at radius 1 is 1.10 bits per heavy atom. The van der Waals surface area contributed by atoms with E-state index in [0.717, 1.165) is 5.02 Å². The minimum atomic E-state index is 0.383. The largest absolute Gasteiger partial charge is 0.307 e. The molecule has 1 aliphatic rings. The number of halogens is 1. The summed E-state index contributed by atoms with van der Waals surface area (Å²) in [5, 5.41) is 4.50. The molecule has 0 spiro atoms. The van der Waals surface area contributed by atoms with Crippen molar-refractivity contribution in [2.75, 3.05) is 0 Å². The van der Waals surface area contributed by atoms with Crippen molar-refractivity contribution in [1.29, 1.82) is 0 Å². The maximum absolute atomic E-state index is 5.93. The number of nitrogens with zero attached hydrogens (tertiary/aromatic N) is 1. The van der Waals surface area contributed by atoms with E-state index in [4.69, 9.17) is 11.6 Å². The van der Waals surface area contributed by atoms with Crippen LogP contribution in [0.5, 0.6) is 0 Å². The predicted octanol–water partition coefficient (Wildman–Crippen LogP) is 4.33. The van der Waals surface area contributed by atoms with Crippen molar-refractivity contribution in [3.8, 4) is 0 Å². The Balaban J connectivity index is 1.52. The van der Waals surface area contributed by atoms with E-state index < -0.39 is 0 Å². The fourth-order valence-electron chi connectivity index (χ4n) is 2.86. The molecule has 2 aromatic rings. The Morgan fingerprint density at radius 3 is 2.40 bits per heavy atom. The molecule has 1 aromatic heterocycles. The molecule has 0 aliphatic heterocycles. The van der Waals surface area contributed by atoms with Crippen molar-refractivity contribution in [2.45, 2.75) is 37.8 Å². The molecule has 1 aliphatic carbocycles. The van der Waals surface area contributed by atoms with Crippen LogP contribution in [0.4, 0.5) is 0 Å². The molecule has 1 fully saturated rings. The van der Waals surface area contributed by atoms with Crippen molar-refractivity contribution in [3.05, 3.63) is 64.9 Å². The molecule has 104 valence electrons. The number of pyridine rings is 1. The lowest BCUT2D eigenvalue weighted by Crippen LogP contribution is -2.41. The molecule has 0 saturated heterocycles. The average molecular weight is 287 g/mol. The second kappa shape index (κ2) is 5.94. The van der Waals surface area contributed by atoms with Crippen LogP contribution in [0, 0.1) is 0 Å². The van der Waals surface area contributed by atoms with E-state index in [1.165, 1.54) is 24.0 Å². The van der Waals surface area contributed by atoms with Crippen molar-refractivity contribution >= 4 is 11.6 Å². The third kappa shape index (κ3) is 3.02. The number of nitrogens with one attached hydrogen (secondary N) is 1. The van der Waals surface area contributed by atoms with Crippen LogP contribution < -0.4 is 5.32 Å². The maximum atomic E-state index is 5.93. The first-order valence-corrected chi connectivity index (χ1v) is 7.51. The monoisotopic (exact) mass is 286 g/mol. The van der Waals surface area contributed by atoms with E-state index in [1.807, 2.05) is 24.5 Å². The highest BCUT2D eigenvalue weighted by Gasteiger charge is 2.30. The van der Waals surface area contributed by atoms with Crippen molar-refractivity contribution < 1.29 is 0 Å². The van der Waals surface area contributed by atoms with Crippen LogP contribution in [-0.4, -0.2) is 11.0 Å². The number of rotatable bonds is 4. The molecule has 0 bridgehead atoms. The van der Waals surface area contributed by atoms with Crippen molar-refractivity contribution in [1.82, 2.24) is 10.3 Å². The fourth-order valence-corrected chi connectivity index (χ4v) is 2.99. The van der Waals surface area contributed by atoms with Gasteiger partial charge in [-0.1, -0.05) is 23.7 Å². The van der Waals surface area contributed by atoms with Gasteiger partial charge in [0, 0.05) is 29.5 Å². The Morgan fingerprint density at radius 2 is 1.75 bits per heavy atom. The maximum Gasteiger partial charge on any atom is 0.0406 e. The zero-order valence-corrected chi connectivity index (χ0v) is 12.3. The molecule has 1 N–H and O–H groups in total. The second-order valence-electron chi connectivity index (χ2n) is 5.59. The van der Waals surface area contributed by atoms with E-state index in [-0.39, 0.29) is 0 Å². The quantitative estimate of drug-likeness (QED) is 0.905. The molecular formula is C17H19ClN2. The number of benzene rings is 1. The van der Waals surface area contributed by atoms with Gasteiger partial charge in [0.1, 0.15) is 0 Å². The Bertz CT molecular complexity index is 547. The summed E-state index contributed by atoms with van der Waals surface area (Å²) < 4.78 is 0. The lowest BCUT2D eigenvalue weighted by Gasteiger charge is -2.38. The van der Waals surface area contributed by atoms with Crippen LogP contribution in [-0.2, 0) is 0 Å². The first-order chi connectivity index (χ1) is 9.72. The molecular weight excluding hydrogens is 268 g/mol. The Kier molecular flexibility index (Phi) is 4.04. The van der Waals surface area contributed by atoms with Gasteiger partial charge in [-0.15, -0.1) is 0 Å². The first kappa shape index (κ1) is 13.6. The molecule has 0 radical (unpaired) electrons. The van der Waals surface area contributed by atoms with Gasteiger partial charge in [0.15, 0.2) is 0 Å². The SMILES string of the molecule is C[C@H](NC1CC(c2ccc(Cl)cc2)C1)c1ccncc1. The van der Waals surface area contributed by atoms with Crippen LogP contribution >= 0.6 is 11.6 Å². The van der Waals surface area contributed by atoms with Gasteiger partial charge < -0.3 is 5.32 Å². The van der Waals surface area contributed by atoms with Gasteiger partial charge in [-0.2, -0.15) is 0 Å². The van der Waals surface area contributed by atoms with Crippen LogP contribution in [0.25, 0.3) is 0 Å². The highest BCUT2D eigenvalue weighted by atomic mass is 35.5. The normalized spacial score (nSPS) is 23.1. The summed E-state index contributed by atoms with van der Waals surface area (Å²) in [7, 11) is 0. The molecule has 1 saturated carbocycles. The molecule has 1 aromatic carbocycles. The van der Waals surface area contributed by atoms with Gasteiger partial charge in [-0.25, -0.2) is 0 Å². The van der Waals surface area contributed by atoms with Gasteiger partial charge in [0.05, 0.1) is 0 Å². The standard InChI is InChI=1S/C17H19ClN2/c1-12(13-6-8-19-9-7-13)20-17-10-15(11-17)14-2-4-16(18)5-3-14/h2-9,12,15,17,20H,10-11H2,1H3/t12-,15?,17?/m0/s1. The summed E-state index contributed by atoms with van der Waals surface area (Å²) in [6, 6.07) is 13.4. The second-order valence-corrected chi connectivity index (χ2v) is 6.02. The zero-order valence-electron chi connectivity index (χ0n) is 11.6. The highest BCUT2D eigenvalue weighted by Crippen LogP contribution is 2.38. The van der Waals surface area contributed by atoms with Crippen molar-refractivity contribution in [3.63, 3.8) is 0 Å². The summed E-state index contributed by atoms with van der Waals surface area (Å²) in [6.07, 6.45) is 6.11. The third-order valence-electron chi connectivity index (χ3n) is 4.17. The lowest BCUT2D eigenvalue weighted by molar-refractivity contribution is 0.271. The molecule has 0 amide bonds. The summed E-state index contributed by atoms with van der Waals surface area (Å²) in [4.78, 5) is 4.06. The molecule has 3 heteroatoms. The van der Waals surface area contributed by atoms with Gasteiger partial charge in [0.2, 0.25) is 0 Å². The molecule has 3 rings (SSSR count). The smallest absolute Gasteiger partial charge is 0.0406 e. The fraction of sp³-hybridized carbons (Fsp3) is 0.353. The number of hydrogen-bond acceptors (Lipinski definition) is 2. The first-order valence-electron chi connectivity index (χ1n) is 7.14. The van der Waals surface area contributed by atoms with Crippen LogP contribution in [0.3, 0.4) is 0 Å². The highest BCUT2D eigenvalue weighted by molar-refractivity contribution is 6.30. The zero-order chi connectivity index (χ0) is 13.9. The van der Waals surface area contributed by atoms with Gasteiger partial charge >= 0.3 is 0 Å². The minimum absolute atomic E-state index is 0.383. The summed E-state index contributed by atoms with van der Waals surface area (Å²) in [5.41, 5.74) is 2.71. The summed E-state index contributed by atoms with van der Waals surface area (Å²) in [5.74, 6) is 0.675. The third-order valence-corrected chi connectivity index (χ3v) is 4.42. The van der Waals surface area contributed by atoms with E-state index in [0.29, 0.717) is 18.0 Å². The van der Waals surface area contributed by atoms with E-state index >= 15 is 0 Å². The molecule has 1 heterocycles. The molecule has 20 heavy (non-hydrogen) atoms. The predicted molar refractivity (Wildman–Crippen MR) is 83.0 cm³/mol. The average Bonchev–Trinajstić information content (AvgIpc) is 2.44. The minimum Gasteiger partial charge on any atom is -0.307 e. The van der Waals surface area contributed by atoms with Crippen LogP contribution in [0.2, 0.25) is 5.02 Å². The Hall–Kier alpha value is -1.38. The van der Waals surface area contributed by atoms with Gasteiger partial charge in [0.25, 0.3) is 0 Å². The molecule has 1 atom stereocenters. The molecule has 0 unspecified atom stereocenters. The van der Waals surface area contributed by atoms with E-state index in [1.54, 1.807) is 0 Å². The molecule has 2 nitrogen and oxygen atoms in total. The van der Waals surface area contributed by atoms with Gasteiger partial charge in [-0.3, -0.25) is 4.98 Å². The van der Waals surface area contributed by atoms with Crippen LogP contribution in [0.1, 0.15) is 42.9 Å². The number of hydrogen-bond donors (Lipinski definition) is 1. The topological polar surface area (TPSA) is 24.9 Å².